The average Bonchev–Trinajstić information content (AvgIpc) is 3.16. The van der Waals surface area contributed by atoms with Gasteiger partial charge in [-0.15, -0.1) is 0 Å². The lowest BCUT2D eigenvalue weighted by atomic mass is 10.1. The molecule has 0 radical (unpaired) electrons. The number of benzene rings is 2. The molecular weight excluding hydrogens is 396 g/mol. The van der Waals surface area contributed by atoms with E-state index in [1.807, 2.05) is 0 Å². The van der Waals surface area contributed by atoms with Crippen LogP contribution in [-0.4, -0.2) is 43.1 Å². The van der Waals surface area contributed by atoms with Crippen molar-refractivity contribution in [3.63, 3.8) is 0 Å². The van der Waals surface area contributed by atoms with Gasteiger partial charge in [-0.25, -0.2) is 8.78 Å². The van der Waals surface area contributed by atoms with Gasteiger partial charge in [-0.05, 0) is 42.8 Å². The van der Waals surface area contributed by atoms with Crippen molar-refractivity contribution in [1.82, 2.24) is 4.98 Å². The monoisotopic (exact) mass is 415 g/mol. The molecule has 2 aromatic carbocycles. The van der Waals surface area contributed by atoms with E-state index in [1.165, 1.54) is 4.90 Å². The van der Waals surface area contributed by atoms with E-state index in [1.54, 1.807) is 36.4 Å². The topological polar surface area (TPSA) is 76.8 Å². The first-order chi connectivity index (χ1) is 14.5. The largest absolute Gasteiger partial charge is 0.486 e. The summed E-state index contributed by atoms with van der Waals surface area (Å²) in [5.74, 6) is -1.92. The second-order valence-corrected chi connectivity index (χ2v) is 7.37. The number of rotatable bonds is 3. The van der Waals surface area contributed by atoms with Crippen LogP contribution in [0.5, 0.6) is 11.5 Å². The van der Waals surface area contributed by atoms with Crippen LogP contribution in [-0.2, 0) is 0 Å². The number of anilines is 2. The van der Waals surface area contributed by atoms with Crippen LogP contribution >= 0.6 is 0 Å². The number of carbonyl (C=O) groups excluding carboxylic acids is 1. The lowest BCUT2D eigenvalue weighted by molar-refractivity contribution is -0.0127. The molecule has 0 aliphatic carbocycles. The fourth-order valence-electron chi connectivity index (χ4n) is 3.65. The highest BCUT2D eigenvalue weighted by Crippen LogP contribution is 2.33. The van der Waals surface area contributed by atoms with Crippen LogP contribution in [0.2, 0.25) is 0 Å². The molecule has 1 N–H and O–H groups in total. The average molecular weight is 415 g/mol. The van der Waals surface area contributed by atoms with Gasteiger partial charge in [-0.2, -0.15) is 4.98 Å². The molecule has 9 heteroatoms. The van der Waals surface area contributed by atoms with Crippen LogP contribution in [0.3, 0.4) is 0 Å². The van der Waals surface area contributed by atoms with E-state index in [2.05, 4.69) is 10.3 Å². The zero-order valence-corrected chi connectivity index (χ0v) is 16.0. The van der Waals surface area contributed by atoms with E-state index in [4.69, 9.17) is 13.9 Å². The fourth-order valence-corrected chi connectivity index (χ4v) is 3.65. The Bertz CT molecular complexity index is 1110. The number of ether oxygens (including phenoxy) is 2. The molecule has 0 saturated carbocycles. The van der Waals surface area contributed by atoms with Gasteiger partial charge in [-0.1, -0.05) is 0 Å². The molecule has 1 saturated heterocycles. The number of carbonyl (C=O) groups is 1. The third-order valence-corrected chi connectivity index (χ3v) is 5.10. The van der Waals surface area contributed by atoms with Gasteiger partial charge in [0.2, 0.25) is 0 Å². The van der Waals surface area contributed by atoms with E-state index in [0.717, 1.165) is 0 Å². The summed E-state index contributed by atoms with van der Waals surface area (Å²) >= 11 is 0. The number of fused-ring (bicyclic) bond motifs is 2. The number of nitrogens with one attached hydrogen (secondary N) is 1. The highest BCUT2D eigenvalue weighted by molar-refractivity contribution is 6.05. The molecule has 1 fully saturated rings. The molecule has 0 unspecified atom stereocenters. The summed E-state index contributed by atoms with van der Waals surface area (Å²) in [6.07, 6.45) is 0.252. The highest BCUT2D eigenvalue weighted by Gasteiger charge is 2.36. The third kappa shape index (κ3) is 3.62. The zero-order chi connectivity index (χ0) is 20.7. The minimum Gasteiger partial charge on any atom is -0.486 e. The number of halogens is 2. The van der Waals surface area contributed by atoms with Crippen molar-refractivity contribution >= 4 is 28.7 Å². The normalized spacial score (nSPS) is 17.7. The standard InChI is InChI=1S/C21H19F2N3O4/c22-21(23)6-1-7-26(12-21)20-25-15-11-14(3-5-16(15)30-20)24-19(27)13-2-4-17-18(10-13)29-9-8-28-17/h2-5,10-11H,1,6-9,12H2,(H,24,27). The quantitative estimate of drug-likeness (QED) is 0.695. The van der Waals surface area contributed by atoms with Gasteiger partial charge in [0.1, 0.15) is 18.7 Å². The van der Waals surface area contributed by atoms with Crippen LogP contribution in [0.1, 0.15) is 23.2 Å². The lowest BCUT2D eigenvalue weighted by Gasteiger charge is -2.31. The maximum atomic E-state index is 13.7. The summed E-state index contributed by atoms with van der Waals surface area (Å²) in [7, 11) is 0. The van der Waals surface area contributed by atoms with Gasteiger partial charge in [0.15, 0.2) is 17.1 Å². The van der Waals surface area contributed by atoms with E-state index >= 15 is 0 Å². The fraction of sp³-hybridized carbons (Fsp3) is 0.333. The Morgan fingerprint density at radius 2 is 1.93 bits per heavy atom. The van der Waals surface area contributed by atoms with Crippen molar-refractivity contribution in [1.29, 1.82) is 0 Å². The first kappa shape index (κ1) is 18.7. The van der Waals surface area contributed by atoms with Crippen molar-refractivity contribution < 1.29 is 27.5 Å². The maximum Gasteiger partial charge on any atom is 0.298 e. The number of alkyl halides is 2. The molecule has 5 rings (SSSR count). The summed E-state index contributed by atoms with van der Waals surface area (Å²) in [4.78, 5) is 18.4. The molecule has 3 aromatic rings. The zero-order valence-electron chi connectivity index (χ0n) is 16.0. The number of amides is 1. The van der Waals surface area contributed by atoms with E-state index in [-0.39, 0.29) is 18.3 Å². The smallest absolute Gasteiger partial charge is 0.298 e. The van der Waals surface area contributed by atoms with Crippen LogP contribution in [0.15, 0.2) is 40.8 Å². The van der Waals surface area contributed by atoms with E-state index in [9.17, 15) is 13.6 Å². The van der Waals surface area contributed by atoms with E-state index in [0.29, 0.717) is 60.0 Å². The van der Waals surface area contributed by atoms with Crippen molar-refractivity contribution in [2.75, 3.05) is 36.5 Å². The third-order valence-electron chi connectivity index (χ3n) is 5.10. The summed E-state index contributed by atoms with van der Waals surface area (Å²) in [5.41, 5.74) is 1.90. The summed E-state index contributed by atoms with van der Waals surface area (Å²) < 4.78 is 44.0. The SMILES string of the molecule is O=C(Nc1ccc2oc(N3CCCC(F)(F)C3)nc2c1)c1ccc2c(c1)OCCO2. The highest BCUT2D eigenvalue weighted by atomic mass is 19.3. The summed E-state index contributed by atoms with van der Waals surface area (Å²) in [6, 6.07) is 10.1. The molecule has 156 valence electrons. The van der Waals surface area contributed by atoms with Crippen molar-refractivity contribution in [2.45, 2.75) is 18.8 Å². The molecule has 7 nitrogen and oxygen atoms in total. The molecule has 0 atom stereocenters. The number of oxazole rings is 1. The van der Waals surface area contributed by atoms with Crippen molar-refractivity contribution in [3.8, 4) is 11.5 Å². The number of piperidine rings is 1. The van der Waals surface area contributed by atoms with Gasteiger partial charge in [0.25, 0.3) is 17.8 Å². The Kier molecular flexibility index (Phi) is 4.45. The first-order valence-corrected chi connectivity index (χ1v) is 9.71. The number of hydrogen-bond donors (Lipinski definition) is 1. The minimum atomic E-state index is -2.75. The second kappa shape index (κ2) is 7.16. The second-order valence-electron chi connectivity index (χ2n) is 7.37. The van der Waals surface area contributed by atoms with Crippen LogP contribution in [0.25, 0.3) is 11.1 Å². The molecule has 0 spiro atoms. The first-order valence-electron chi connectivity index (χ1n) is 9.71. The van der Waals surface area contributed by atoms with Gasteiger partial charge < -0.3 is 24.1 Å². The lowest BCUT2D eigenvalue weighted by Crippen LogP contribution is -2.42. The number of nitrogens with zero attached hydrogens (tertiary/aromatic N) is 2. The van der Waals surface area contributed by atoms with Gasteiger partial charge in [0, 0.05) is 24.2 Å². The van der Waals surface area contributed by atoms with Crippen LogP contribution in [0, 0.1) is 0 Å². The molecule has 2 aliphatic heterocycles. The molecule has 3 heterocycles. The summed E-state index contributed by atoms with van der Waals surface area (Å²) in [5, 5.41) is 2.81. The predicted molar refractivity (Wildman–Crippen MR) is 106 cm³/mol. The Morgan fingerprint density at radius 1 is 1.10 bits per heavy atom. The van der Waals surface area contributed by atoms with Crippen molar-refractivity contribution in [2.24, 2.45) is 0 Å². The van der Waals surface area contributed by atoms with E-state index < -0.39 is 12.5 Å². The molecule has 0 bridgehead atoms. The van der Waals surface area contributed by atoms with Gasteiger partial charge in [0.05, 0.1) is 6.54 Å². The Labute approximate surface area is 170 Å². The van der Waals surface area contributed by atoms with Crippen LogP contribution < -0.4 is 19.7 Å². The Morgan fingerprint density at radius 3 is 2.77 bits per heavy atom. The number of aromatic nitrogens is 1. The molecule has 1 aromatic heterocycles. The van der Waals surface area contributed by atoms with Crippen molar-refractivity contribution in [3.05, 3.63) is 42.0 Å². The molecule has 1 amide bonds. The number of hydrogen-bond acceptors (Lipinski definition) is 6. The Balaban J connectivity index is 1.34. The maximum absolute atomic E-state index is 13.7. The minimum absolute atomic E-state index is 0.125. The summed E-state index contributed by atoms with van der Waals surface area (Å²) in [6.45, 7) is 0.975. The van der Waals surface area contributed by atoms with Gasteiger partial charge in [-0.3, -0.25) is 4.79 Å². The molecule has 2 aliphatic rings. The molecule has 30 heavy (non-hydrogen) atoms. The van der Waals surface area contributed by atoms with Crippen LogP contribution in [0.4, 0.5) is 20.5 Å². The predicted octanol–water partition coefficient (Wildman–Crippen LogP) is 4.09. The molecular formula is C21H19F2N3O4. The Hall–Kier alpha value is -3.36. The van der Waals surface area contributed by atoms with Gasteiger partial charge >= 0.3 is 0 Å².